The largest absolute Gasteiger partial charge is 0.0810 e. The normalized spacial score (nSPS) is 18.6. The maximum Gasteiger partial charge on any atom is -0.00529 e. The van der Waals surface area contributed by atoms with Gasteiger partial charge in [0.2, 0.25) is 0 Å². The van der Waals surface area contributed by atoms with E-state index in [1.54, 1.807) is 0 Å². The van der Waals surface area contributed by atoms with Gasteiger partial charge in [0.25, 0.3) is 0 Å². The zero-order valence-corrected chi connectivity index (χ0v) is 6.65. The molecule has 0 spiro atoms. The van der Waals surface area contributed by atoms with Gasteiger partial charge in [-0.3, -0.25) is 0 Å². The SMILES string of the molecule is CC(C)(C)CCC1C=C1. The second-order valence-electron chi connectivity index (χ2n) is 4.15. The Hall–Kier alpha value is -0.260. The van der Waals surface area contributed by atoms with Crippen LogP contribution < -0.4 is 0 Å². The second kappa shape index (κ2) is 2.17. The van der Waals surface area contributed by atoms with Gasteiger partial charge in [-0.2, -0.15) is 0 Å². The van der Waals surface area contributed by atoms with Crippen LogP contribution in [0, 0.1) is 11.3 Å². The monoisotopic (exact) mass is 124 g/mol. The van der Waals surface area contributed by atoms with E-state index >= 15 is 0 Å². The number of allylic oxidation sites excluding steroid dienone is 2. The average Bonchev–Trinajstić information content (AvgIpc) is 2.38. The zero-order valence-electron chi connectivity index (χ0n) is 6.65. The molecule has 1 rings (SSSR count). The number of hydrogen-bond donors (Lipinski definition) is 0. The first-order valence-corrected chi connectivity index (χ1v) is 3.76. The van der Waals surface area contributed by atoms with Crippen LogP contribution in [-0.2, 0) is 0 Å². The Labute approximate surface area is 58.0 Å². The molecule has 0 amide bonds. The van der Waals surface area contributed by atoms with Crippen molar-refractivity contribution in [3.05, 3.63) is 12.2 Å². The first-order valence-electron chi connectivity index (χ1n) is 3.76. The minimum absolute atomic E-state index is 0.532. The Morgan fingerprint density at radius 2 is 1.78 bits per heavy atom. The molecule has 0 saturated heterocycles. The summed E-state index contributed by atoms with van der Waals surface area (Å²) in [5, 5.41) is 0. The van der Waals surface area contributed by atoms with E-state index in [9.17, 15) is 0 Å². The van der Waals surface area contributed by atoms with Crippen LogP contribution in [0.5, 0.6) is 0 Å². The lowest BCUT2D eigenvalue weighted by Crippen LogP contribution is -2.04. The summed E-state index contributed by atoms with van der Waals surface area (Å²) in [6, 6.07) is 0. The second-order valence-corrected chi connectivity index (χ2v) is 4.15. The summed E-state index contributed by atoms with van der Waals surface area (Å²) >= 11 is 0. The first kappa shape index (κ1) is 6.85. The molecule has 0 heterocycles. The van der Waals surface area contributed by atoms with Gasteiger partial charge in [-0.25, -0.2) is 0 Å². The number of rotatable bonds is 2. The molecular weight excluding hydrogens is 108 g/mol. The minimum Gasteiger partial charge on any atom is -0.0810 e. The van der Waals surface area contributed by atoms with Crippen molar-refractivity contribution in [3.8, 4) is 0 Å². The van der Waals surface area contributed by atoms with Gasteiger partial charge in [0, 0.05) is 0 Å². The Balaban J connectivity index is 2.03. The van der Waals surface area contributed by atoms with Crippen molar-refractivity contribution in [2.24, 2.45) is 11.3 Å². The third kappa shape index (κ3) is 3.34. The van der Waals surface area contributed by atoms with Crippen LogP contribution in [0.15, 0.2) is 12.2 Å². The van der Waals surface area contributed by atoms with Crippen molar-refractivity contribution in [2.75, 3.05) is 0 Å². The predicted octanol–water partition coefficient (Wildman–Crippen LogP) is 3.00. The van der Waals surface area contributed by atoms with Crippen molar-refractivity contribution in [2.45, 2.75) is 33.6 Å². The lowest BCUT2D eigenvalue weighted by atomic mass is 9.89. The van der Waals surface area contributed by atoms with Crippen LogP contribution >= 0.6 is 0 Å². The van der Waals surface area contributed by atoms with Gasteiger partial charge < -0.3 is 0 Å². The molecule has 1 aliphatic carbocycles. The predicted molar refractivity (Wildman–Crippen MR) is 41.3 cm³/mol. The maximum atomic E-state index is 2.30. The Kier molecular flexibility index (Phi) is 1.65. The van der Waals surface area contributed by atoms with E-state index in [0.29, 0.717) is 5.41 Å². The van der Waals surface area contributed by atoms with E-state index in [0.717, 1.165) is 5.92 Å². The molecule has 1 aliphatic rings. The number of hydrogen-bond acceptors (Lipinski definition) is 0. The van der Waals surface area contributed by atoms with Gasteiger partial charge in [0.15, 0.2) is 0 Å². The van der Waals surface area contributed by atoms with E-state index < -0.39 is 0 Å². The molecule has 0 aliphatic heterocycles. The molecule has 0 fully saturated rings. The summed E-state index contributed by atoms with van der Waals surface area (Å²) in [5.41, 5.74) is 0.532. The molecule has 0 aromatic heterocycles. The zero-order chi connectivity index (χ0) is 6.91. The van der Waals surface area contributed by atoms with Crippen molar-refractivity contribution in [1.29, 1.82) is 0 Å². The van der Waals surface area contributed by atoms with Gasteiger partial charge in [0.05, 0.1) is 0 Å². The summed E-state index contributed by atoms with van der Waals surface area (Å²) in [7, 11) is 0. The van der Waals surface area contributed by atoms with Crippen LogP contribution in [-0.4, -0.2) is 0 Å². The van der Waals surface area contributed by atoms with Crippen LogP contribution in [0.1, 0.15) is 33.6 Å². The molecule has 0 atom stereocenters. The highest BCUT2D eigenvalue weighted by molar-refractivity contribution is 5.12. The molecule has 0 saturated carbocycles. The summed E-state index contributed by atoms with van der Waals surface area (Å²) < 4.78 is 0. The van der Waals surface area contributed by atoms with E-state index in [1.807, 2.05) is 0 Å². The van der Waals surface area contributed by atoms with Crippen LogP contribution in [0.3, 0.4) is 0 Å². The highest BCUT2D eigenvalue weighted by Crippen LogP contribution is 2.29. The lowest BCUT2D eigenvalue weighted by Gasteiger charge is -2.17. The molecule has 0 aromatic rings. The molecule has 0 nitrogen and oxygen atoms in total. The van der Waals surface area contributed by atoms with E-state index in [1.165, 1.54) is 12.8 Å². The van der Waals surface area contributed by atoms with Gasteiger partial charge in [-0.05, 0) is 24.2 Å². The third-order valence-electron chi connectivity index (χ3n) is 1.69. The topological polar surface area (TPSA) is 0 Å². The molecule has 9 heavy (non-hydrogen) atoms. The summed E-state index contributed by atoms with van der Waals surface area (Å²) in [5.74, 6) is 0.865. The average molecular weight is 124 g/mol. The van der Waals surface area contributed by atoms with E-state index in [2.05, 4.69) is 32.9 Å². The van der Waals surface area contributed by atoms with Crippen molar-refractivity contribution >= 4 is 0 Å². The van der Waals surface area contributed by atoms with Crippen molar-refractivity contribution in [3.63, 3.8) is 0 Å². The minimum atomic E-state index is 0.532. The summed E-state index contributed by atoms with van der Waals surface area (Å²) in [4.78, 5) is 0. The Morgan fingerprint density at radius 3 is 2.11 bits per heavy atom. The maximum absolute atomic E-state index is 2.30. The molecule has 0 bridgehead atoms. The summed E-state index contributed by atoms with van der Waals surface area (Å²) in [6.07, 6.45) is 7.28. The molecule has 0 aromatic carbocycles. The van der Waals surface area contributed by atoms with Gasteiger partial charge in [-0.1, -0.05) is 32.9 Å². The lowest BCUT2D eigenvalue weighted by molar-refractivity contribution is 0.360. The van der Waals surface area contributed by atoms with Crippen LogP contribution in [0.4, 0.5) is 0 Å². The molecule has 0 radical (unpaired) electrons. The molecular formula is C9H16. The standard InChI is InChI=1S/C9H16/c1-9(2,3)7-6-8-4-5-8/h4-5,8H,6-7H2,1-3H3. The smallest absolute Gasteiger partial charge is 0.00529 e. The molecule has 0 unspecified atom stereocenters. The fourth-order valence-corrected chi connectivity index (χ4v) is 0.871. The van der Waals surface area contributed by atoms with Crippen molar-refractivity contribution < 1.29 is 0 Å². The molecule has 52 valence electrons. The molecule has 0 heteroatoms. The molecule has 0 N–H and O–H groups in total. The van der Waals surface area contributed by atoms with Crippen LogP contribution in [0.2, 0.25) is 0 Å². The first-order chi connectivity index (χ1) is 4.08. The third-order valence-corrected chi connectivity index (χ3v) is 1.69. The highest BCUT2D eigenvalue weighted by atomic mass is 14.2. The fourth-order valence-electron chi connectivity index (χ4n) is 0.871. The van der Waals surface area contributed by atoms with E-state index in [4.69, 9.17) is 0 Å². The quantitative estimate of drug-likeness (QED) is 0.496. The van der Waals surface area contributed by atoms with Gasteiger partial charge >= 0.3 is 0 Å². The van der Waals surface area contributed by atoms with E-state index in [-0.39, 0.29) is 0 Å². The van der Waals surface area contributed by atoms with Crippen molar-refractivity contribution in [1.82, 2.24) is 0 Å². The fraction of sp³-hybridized carbons (Fsp3) is 0.778. The van der Waals surface area contributed by atoms with Gasteiger partial charge in [0.1, 0.15) is 0 Å². The van der Waals surface area contributed by atoms with Crippen LogP contribution in [0.25, 0.3) is 0 Å². The Bertz CT molecular complexity index is 108. The van der Waals surface area contributed by atoms with Gasteiger partial charge in [-0.15, -0.1) is 0 Å². The summed E-state index contributed by atoms with van der Waals surface area (Å²) in [6.45, 7) is 6.90. The highest BCUT2D eigenvalue weighted by Gasteiger charge is 2.15. The Morgan fingerprint density at radius 1 is 1.22 bits per heavy atom.